The molecular weight excluding hydrogens is 224 g/mol. The van der Waals surface area contributed by atoms with E-state index in [4.69, 9.17) is 5.11 Å². The minimum Gasteiger partial charge on any atom is -0.478 e. The second-order valence-electron chi connectivity index (χ2n) is 4.16. The minimum absolute atomic E-state index is 0.0371. The van der Waals surface area contributed by atoms with Gasteiger partial charge >= 0.3 is 12.0 Å². The zero-order valence-corrected chi connectivity index (χ0v) is 10.1. The summed E-state index contributed by atoms with van der Waals surface area (Å²) in [6.45, 7) is 2.70. The number of nitrogens with one attached hydrogen (secondary N) is 1. The lowest BCUT2D eigenvalue weighted by Gasteiger charge is -2.16. The highest BCUT2D eigenvalue weighted by molar-refractivity contribution is 6.07. The zero-order chi connectivity index (χ0) is 13.2. The minimum atomic E-state index is -1.17. The van der Waals surface area contributed by atoms with Crippen molar-refractivity contribution in [2.45, 2.75) is 32.7 Å². The summed E-state index contributed by atoms with van der Waals surface area (Å²) >= 11 is 0. The van der Waals surface area contributed by atoms with Crippen LogP contribution in [-0.4, -0.2) is 41.0 Å². The molecule has 0 aliphatic heterocycles. The zero-order valence-electron chi connectivity index (χ0n) is 10.1. The average Bonchev–Trinajstić information content (AvgIpc) is 3.09. The molecule has 0 aromatic heterocycles. The van der Waals surface area contributed by atoms with Crippen LogP contribution in [0.15, 0.2) is 11.1 Å². The smallest absolute Gasteiger partial charge is 0.331 e. The van der Waals surface area contributed by atoms with E-state index in [0.717, 1.165) is 12.8 Å². The molecule has 0 unspecified atom stereocenters. The first-order chi connectivity index (χ1) is 7.84. The van der Waals surface area contributed by atoms with E-state index in [9.17, 15) is 14.4 Å². The number of urea groups is 1. The number of carboxylic acids is 1. The van der Waals surface area contributed by atoms with E-state index in [2.05, 4.69) is 5.32 Å². The number of rotatable bonds is 3. The van der Waals surface area contributed by atoms with Crippen LogP contribution in [0, 0.1) is 0 Å². The third-order valence-corrected chi connectivity index (χ3v) is 2.86. The van der Waals surface area contributed by atoms with Crippen LogP contribution in [0.25, 0.3) is 0 Å². The van der Waals surface area contributed by atoms with E-state index in [1.54, 1.807) is 7.05 Å². The predicted octanol–water partition coefficient (Wildman–Crippen LogP) is 0.738. The van der Waals surface area contributed by atoms with Crippen molar-refractivity contribution >= 4 is 17.9 Å². The van der Waals surface area contributed by atoms with Gasteiger partial charge < -0.3 is 10.0 Å². The Kier molecular flexibility index (Phi) is 3.88. The highest BCUT2D eigenvalue weighted by Crippen LogP contribution is 2.25. The monoisotopic (exact) mass is 240 g/mol. The van der Waals surface area contributed by atoms with E-state index in [-0.39, 0.29) is 17.2 Å². The summed E-state index contributed by atoms with van der Waals surface area (Å²) in [6, 6.07) is -0.289. The fourth-order valence-corrected chi connectivity index (χ4v) is 1.24. The standard InChI is InChI=1S/C11H16N2O4/c1-6(7(2)10(15)16)9(14)12-11(17)13(3)8-4-5-8/h8H,4-5H2,1-3H3,(H,15,16)(H,12,14,17). The summed E-state index contributed by atoms with van der Waals surface area (Å²) in [5.74, 6) is -1.83. The van der Waals surface area contributed by atoms with E-state index in [0.29, 0.717) is 0 Å². The molecule has 0 spiro atoms. The number of aliphatic carboxylic acids is 1. The van der Waals surface area contributed by atoms with Crippen molar-refractivity contribution in [2.75, 3.05) is 7.05 Å². The molecule has 3 amide bonds. The molecule has 0 saturated heterocycles. The Balaban J connectivity index is 2.62. The third-order valence-electron chi connectivity index (χ3n) is 2.86. The molecule has 1 fully saturated rings. The largest absolute Gasteiger partial charge is 0.478 e. The maximum atomic E-state index is 11.6. The Morgan fingerprint density at radius 3 is 2.12 bits per heavy atom. The molecule has 6 nitrogen and oxygen atoms in total. The highest BCUT2D eigenvalue weighted by atomic mass is 16.4. The van der Waals surface area contributed by atoms with Gasteiger partial charge in [-0.05, 0) is 26.7 Å². The number of hydrogen-bond donors (Lipinski definition) is 2. The van der Waals surface area contributed by atoms with Crippen molar-refractivity contribution in [2.24, 2.45) is 0 Å². The fourth-order valence-electron chi connectivity index (χ4n) is 1.24. The van der Waals surface area contributed by atoms with Gasteiger partial charge in [0.05, 0.1) is 0 Å². The Bertz CT molecular complexity index is 396. The lowest BCUT2D eigenvalue weighted by molar-refractivity contribution is -0.133. The fraction of sp³-hybridized carbons (Fsp3) is 0.545. The van der Waals surface area contributed by atoms with Gasteiger partial charge in [0.15, 0.2) is 0 Å². The van der Waals surface area contributed by atoms with Crippen LogP contribution >= 0.6 is 0 Å². The molecule has 17 heavy (non-hydrogen) atoms. The van der Waals surface area contributed by atoms with Gasteiger partial charge in [-0.1, -0.05) is 0 Å². The van der Waals surface area contributed by atoms with Gasteiger partial charge in [-0.3, -0.25) is 10.1 Å². The van der Waals surface area contributed by atoms with Crippen molar-refractivity contribution in [1.82, 2.24) is 10.2 Å². The summed E-state index contributed by atoms with van der Waals surface area (Å²) in [5.41, 5.74) is -0.0283. The summed E-state index contributed by atoms with van der Waals surface area (Å²) in [6.07, 6.45) is 1.89. The number of carbonyl (C=O) groups excluding carboxylic acids is 2. The molecule has 1 saturated carbocycles. The lowest BCUT2D eigenvalue weighted by Crippen LogP contribution is -2.42. The van der Waals surface area contributed by atoms with Crippen LogP contribution < -0.4 is 5.32 Å². The molecular formula is C11H16N2O4. The van der Waals surface area contributed by atoms with Gasteiger partial charge in [-0.25, -0.2) is 9.59 Å². The number of carboxylic acid groups (broad SMARTS) is 1. The van der Waals surface area contributed by atoms with Crippen LogP contribution in [-0.2, 0) is 9.59 Å². The summed E-state index contributed by atoms with van der Waals surface area (Å²) in [4.78, 5) is 35.2. The molecule has 0 bridgehead atoms. The van der Waals surface area contributed by atoms with Gasteiger partial charge in [-0.2, -0.15) is 0 Å². The maximum absolute atomic E-state index is 11.6. The topological polar surface area (TPSA) is 86.7 Å². The van der Waals surface area contributed by atoms with Crippen molar-refractivity contribution in [3.05, 3.63) is 11.1 Å². The Morgan fingerprint density at radius 1 is 1.18 bits per heavy atom. The molecule has 0 aromatic carbocycles. The quantitative estimate of drug-likeness (QED) is 0.712. The first kappa shape index (κ1) is 13.2. The van der Waals surface area contributed by atoms with Crippen LogP contribution in [0.4, 0.5) is 4.79 Å². The Hall–Kier alpha value is -1.85. The molecule has 1 aliphatic carbocycles. The van der Waals surface area contributed by atoms with E-state index >= 15 is 0 Å². The third kappa shape index (κ3) is 3.30. The first-order valence-electron chi connectivity index (χ1n) is 5.33. The number of hydrogen-bond acceptors (Lipinski definition) is 3. The van der Waals surface area contributed by atoms with Crippen molar-refractivity contribution < 1.29 is 19.5 Å². The van der Waals surface area contributed by atoms with Gasteiger partial charge in [-0.15, -0.1) is 0 Å². The van der Waals surface area contributed by atoms with E-state index in [1.807, 2.05) is 0 Å². The van der Waals surface area contributed by atoms with Gasteiger partial charge in [0, 0.05) is 24.2 Å². The van der Waals surface area contributed by atoms with Crippen molar-refractivity contribution in [3.63, 3.8) is 0 Å². The molecule has 0 atom stereocenters. The Labute approximate surface area is 99.3 Å². The first-order valence-corrected chi connectivity index (χ1v) is 5.33. The second kappa shape index (κ2) is 4.99. The number of carbonyl (C=O) groups is 3. The van der Waals surface area contributed by atoms with Crippen molar-refractivity contribution in [1.29, 1.82) is 0 Å². The number of imide groups is 1. The van der Waals surface area contributed by atoms with Gasteiger partial charge in [0.1, 0.15) is 0 Å². The Morgan fingerprint density at radius 2 is 1.71 bits per heavy atom. The SMILES string of the molecule is CC(C(=O)O)=C(C)C(=O)NC(=O)N(C)C1CC1. The summed E-state index contributed by atoms with van der Waals surface area (Å²) in [5, 5.41) is 10.9. The molecule has 0 aromatic rings. The molecule has 1 rings (SSSR count). The molecule has 0 heterocycles. The highest BCUT2D eigenvalue weighted by Gasteiger charge is 2.30. The molecule has 2 N–H and O–H groups in total. The van der Waals surface area contributed by atoms with Crippen LogP contribution in [0.3, 0.4) is 0 Å². The number of amides is 3. The molecule has 1 aliphatic rings. The van der Waals surface area contributed by atoms with Gasteiger partial charge in [0.25, 0.3) is 5.91 Å². The van der Waals surface area contributed by atoms with Crippen LogP contribution in [0.5, 0.6) is 0 Å². The van der Waals surface area contributed by atoms with Crippen molar-refractivity contribution in [3.8, 4) is 0 Å². The second-order valence-corrected chi connectivity index (χ2v) is 4.16. The van der Waals surface area contributed by atoms with Gasteiger partial charge in [0.2, 0.25) is 0 Å². The lowest BCUT2D eigenvalue weighted by atomic mass is 10.1. The molecule has 0 radical (unpaired) electrons. The number of nitrogens with zero attached hydrogens (tertiary/aromatic N) is 1. The summed E-state index contributed by atoms with van der Waals surface area (Å²) in [7, 11) is 1.61. The predicted molar refractivity (Wildman–Crippen MR) is 60.3 cm³/mol. The molecule has 6 heteroatoms. The van der Waals surface area contributed by atoms with Crippen LogP contribution in [0.1, 0.15) is 26.7 Å². The molecule has 94 valence electrons. The van der Waals surface area contributed by atoms with Crippen LogP contribution in [0.2, 0.25) is 0 Å². The van der Waals surface area contributed by atoms with E-state index < -0.39 is 17.9 Å². The summed E-state index contributed by atoms with van der Waals surface area (Å²) < 4.78 is 0. The maximum Gasteiger partial charge on any atom is 0.331 e. The average molecular weight is 240 g/mol. The normalized spacial score (nSPS) is 15.9. The van der Waals surface area contributed by atoms with E-state index in [1.165, 1.54) is 18.7 Å².